The van der Waals surface area contributed by atoms with Crippen molar-refractivity contribution in [3.8, 4) is 5.75 Å². The van der Waals surface area contributed by atoms with E-state index in [1.807, 2.05) is 0 Å². The molecule has 0 aliphatic rings. The zero-order chi connectivity index (χ0) is 5.98. The van der Waals surface area contributed by atoms with Crippen LogP contribution in [0.2, 0.25) is 0 Å². The zero-order valence-electron chi connectivity index (χ0n) is 4.44. The second-order valence-corrected chi connectivity index (χ2v) is 1.39. The first-order valence-electron chi connectivity index (χ1n) is 2.17. The maximum atomic E-state index is 10.3. The van der Waals surface area contributed by atoms with E-state index in [1.165, 1.54) is 18.5 Å². The first-order valence-corrected chi connectivity index (χ1v) is 2.17. The molecule has 48 valence electrons. The molecule has 9 heavy (non-hydrogen) atoms. The molecule has 0 aliphatic heterocycles. The molecule has 0 fully saturated rings. The quantitative estimate of drug-likeness (QED) is 0.537. The average molecular weight is 167 g/mol. The van der Waals surface area contributed by atoms with Crippen molar-refractivity contribution in [1.29, 1.82) is 0 Å². The van der Waals surface area contributed by atoms with Crippen molar-refractivity contribution in [2.45, 2.75) is 0 Å². The molecule has 4 heteroatoms. The number of aromatic hydroxyl groups is 1. The number of rotatable bonds is 0. The van der Waals surface area contributed by atoms with E-state index in [9.17, 15) is 4.79 Å². The van der Waals surface area contributed by atoms with Gasteiger partial charge in [-0.05, 0) is 0 Å². The summed E-state index contributed by atoms with van der Waals surface area (Å²) in [6.45, 7) is 0. The maximum absolute atomic E-state index is 10.3. The van der Waals surface area contributed by atoms with Crippen LogP contribution in [0.25, 0.3) is 0 Å². The fourth-order valence-electron chi connectivity index (χ4n) is 0.407. The second-order valence-electron chi connectivity index (χ2n) is 1.39. The third-order valence-corrected chi connectivity index (χ3v) is 0.803. The number of aromatic amines is 1. The number of nitrogens with one attached hydrogen (secondary N) is 1. The number of H-pyrrole nitrogens is 1. The monoisotopic (exact) mass is 167 g/mol. The Hall–Kier alpha value is -0.731. The minimum atomic E-state index is -0.358. The summed E-state index contributed by atoms with van der Waals surface area (Å²) in [7, 11) is 0. The van der Waals surface area contributed by atoms with Crippen LogP contribution in [-0.2, 0) is 17.1 Å². The van der Waals surface area contributed by atoms with E-state index >= 15 is 0 Å². The van der Waals surface area contributed by atoms with E-state index in [-0.39, 0.29) is 28.2 Å². The molecule has 0 unspecified atom stereocenters. The Morgan fingerprint density at radius 1 is 1.56 bits per heavy atom. The standard InChI is InChI=1S/C5H5NO2.Fe/c7-4-1-2-6-3-5(4)8;/h1-3,8H,(H,6,7);/q;+2. The minimum Gasteiger partial charge on any atom is -0.503 e. The average Bonchev–Trinajstić information content (AvgIpc) is 1.77. The van der Waals surface area contributed by atoms with Crippen LogP contribution in [0.15, 0.2) is 23.3 Å². The van der Waals surface area contributed by atoms with Crippen molar-refractivity contribution in [3.63, 3.8) is 0 Å². The summed E-state index contributed by atoms with van der Waals surface area (Å²) in [5.41, 5.74) is -0.358. The van der Waals surface area contributed by atoms with Crippen LogP contribution < -0.4 is 5.43 Å². The van der Waals surface area contributed by atoms with Gasteiger partial charge in [0.25, 0.3) is 0 Å². The Balaban J connectivity index is 0.000000640. The van der Waals surface area contributed by atoms with Gasteiger partial charge in [-0.3, -0.25) is 4.79 Å². The van der Waals surface area contributed by atoms with Crippen LogP contribution in [0.5, 0.6) is 5.75 Å². The van der Waals surface area contributed by atoms with Crippen molar-refractivity contribution in [2.75, 3.05) is 0 Å². The van der Waals surface area contributed by atoms with Crippen molar-refractivity contribution < 1.29 is 22.2 Å². The van der Waals surface area contributed by atoms with Gasteiger partial charge in [-0.2, -0.15) is 0 Å². The molecule has 2 N–H and O–H groups in total. The van der Waals surface area contributed by atoms with Gasteiger partial charge >= 0.3 is 17.1 Å². The Morgan fingerprint density at radius 3 is 2.56 bits per heavy atom. The van der Waals surface area contributed by atoms with Gasteiger partial charge in [-0.1, -0.05) is 0 Å². The van der Waals surface area contributed by atoms with Gasteiger partial charge in [0, 0.05) is 18.5 Å². The van der Waals surface area contributed by atoms with Gasteiger partial charge in [0.2, 0.25) is 5.43 Å². The second kappa shape index (κ2) is 3.33. The number of hydrogen-bond donors (Lipinski definition) is 2. The minimum absolute atomic E-state index is 0. The van der Waals surface area contributed by atoms with E-state index in [2.05, 4.69) is 4.98 Å². The van der Waals surface area contributed by atoms with Crippen LogP contribution in [0, 0.1) is 0 Å². The number of pyridine rings is 1. The van der Waals surface area contributed by atoms with Crippen molar-refractivity contribution >= 4 is 0 Å². The summed E-state index contributed by atoms with van der Waals surface area (Å²) in [6.07, 6.45) is 2.70. The van der Waals surface area contributed by atoms with Gasteiger partial charge in [0.1, 0.15) is 0 Å². The molecular formula is C5H5FeNO2+2. The Bertz CT molecular complexity index is 232. The summed E-state index contributed by atoms with van der Waals surface area (Å²) >= 11 is 0. The summed E-state index contributed by atoms with van der Waals surface area (Å²) in [5, 5.41) is 8.58. The first kappa shape index (κ1) is 8.27. The van der Waals surface area contributed by atoms with Crippen LogP contribution >= 0.6 is 0 Å². The zero-order valence-corrected chi connectivity index (χ0v) is 5.55. The first-order chi connectivity index (χ1) is 3.80. The van der Waals surface area contributed by atoms with Gasteiger partial charge in [-0.25, -0.2) is 0 Å². The van der Waals surface area contributed by atoms with Gasteiger partial charge in [0.05, 0.1) is 0 Å². The fraction of sp³-hybridized carbons (Fsp3) is 0. The molecule has 0 aromatic carbocycles. The summed E-state index contributed by atoms with van der Waals surface area (Å²) in [6, 6.07) is 1.26. The molecule has 0 radical (unpaired) electrons. The molecule has 1 rings (SSSR count). The van der Waals surface area contributed by atoms with E-state index in [0.717, 1.165) is 0 Å². The summed E-state index contributed by atoms with van der Waals surface area (Å²) in [4.78, 5) is 12.9. The van der Waals surface area contributed by atoms with Gasteiger partial charge in [0.15, 0.2) is 5.75 Å². The van der Waals surface area contributed by atoms with Crippen LogP contribution in [0.1, 0.15) is 0 Å². The topological polar surface area (TPSA) is 53.1 Å². The largest absolute Gasteiger partial charge is 2.00 e. The van der Waals surface area contributed by atoms with Crippen molar-refractivity contribution in [2.24, 2.45) is 0 Å². The molecule has 1 aromatic heterocycles. The predicted octanol–water partition coefficient (Wildman–Crippen LogP) is 0.0780. The molecule has 0 bridgehead atoms. The maximum Gasteiger partial charge on any atom is 2.00 e. The molecular weight excluding hydrogens is 162 g/mol. The third kappa shape index (κ3) is 1.91. The fourth-order valence-corrected chi connectivity index (χ4v) is 0.407. The van der Waals surface area contributed by atoms with Crippen LogP contribution in [0.4, 0.5) is 0 Å². The Kier molecular flexibility index (Phi) is 3.06. The molecule has 0 spiro atoms. The van der Waals surface area contributed by atoms with Crippen molar-refractivity contribution in [1.82, 2.24) is 4.98 Å². The van der Waals surface area contributed by atoms with E-state index in [4.69, 9.17) is 5.11 Å². The summed E-state index contributed by atoms with van der Waals surface area (Å²) < 4.78 is 0. The molecule has 1 heterocycles. The SMILES string of the molecule is O=c1cc[nH]cc1O.[Fe+2]. The smallest absolute Gasteiger partial charge is 0.503 e. The van der Waals surface area contributed by atoms with E-state index < -0.39 is 0 Å². The Morgan fingerprint density at radius 2 is 2.22 bits per heavy atom. The number of hydrogen-bond acceptors (Lipinski definition) is 2. The van der Waals surface area contributed by atoms with E-state index in [0.29, 0.717) is 0 Å². The molecule has 3 nitrogen and oxygen atoms in total. The molecule has 0 saturated carbocycles. The Labute approximate surface area is 62.2 Å². The molecule has 0 atom stereocenters. The van der Waals surface area contributed by atoms with Crippen LogP contribution in [-0.4, -0.2) is 10.1 Å². The number of aromatic nitrogens is 1. The molecule has 0 aliphatic carbocycles. The van der Waals surface area contributed by atoms with Gasteiger partial charge in [-0.15, -0.1) is 0 Å². The van der Waals surface area contributed by atoms with E-state index in [1.54, 1.807) is 0 Å². The van der Waals surface area contributed by atoms with Crippen molar-refractivity contribution in [3.05, 3.63) is 28.7 Å². The molecule has 0 amide bonds. The predicted molar refractivity (Wildman–Crippen MR) is 28.7 cm³/mol. The summed E-state index contributed by atoms with van der Waals surface area (Å²) in [5.74, 6) is -0.243. The molecule has 1 aromatic rings. The normalized spacial score (nSPS) is 8.00. The third-order valence-electron chi connectivity index (χ3n) is 0.803. The molecule has 0 saturated heterocycles. The van der Waals surface area contributed by atoms with Crippen LogP contribution in [0.3, 0.4) is 0 Å². The van der Waals surface area contributed by atoms with Gasteiger partial charge < -0.3 is 10.1 Å².